The highest BCUT2D eigenvalue weighted by Gasteiger charge is 2.12. The number of hydrogen-bond acceptors (Lipinski definition) is 3. The maximum atomic E-state index is 12.3. The van der Waals surface area contributed by atoms with Crippen LogP contribution in [0.15, 0.2) is 42.5 Å². The summed E-state index contributed by atoms with van der Waals surface area (Å²) in [5.41, 5.74) is 3.82. The molecular weight excluding hydrogens is 318 g/mol. The predicted molar refractivity (Wildman–Crippen MR) is 95.9 cm³/mol. The Labute approximate surface area is 146 Å². The van der Waals surface area contributed by atoms with Gasteiger partial charge in [-0.15, -0.1) is 0 Å². The molecule has 5 heteroatoms. The number of nitrogens with one attached hydrogen (secondary N) is 1. The van der Waals surface area contributed by atoms with E-state index in [9.17, 15) is 14.4 Å². The second kappa shape index (κ2) is 8.24. The van der Waals surface area contributed by atoms with Gasteiger partial charge in [0, 0.05) is 24.1 Å². The lowest BCUT2D eigenvalue weighted by atomic mass is 9.99. The van der Waals surface area contributed by atoms with Crippen molar-refractivity contribution >= 4 is 23.3 Å². The minimum Gasteiger partial charge on any atom is -0.481 e. The molecule has 1 amide bonds. The lowest BCUT2D eigenvalue weighted by Crippen LogP contribution is -2.14. The summed E-state index contributed by atoms with van der Waals surface area (Å²) in [5.74, 6) is -1.19. The van der Waals surface area contributed by atoms with Crippen LogP contribution in [-0.4, -0.2) is 22.8 Å². The topological polar surface area (TPSA) is 83.5 Å². The Kier molecular flexibility index (Phi) is 6.06. The number of carboxylic acids is 1. The van der Waals surface area contributed by atoms with Crippen LogP contribution in [0.25, 0.3) is 0 Å². The van der Waals surface area contributed by atoms with Crippen LogP contribution in [0, 0.1) is 13.8 Å². The molecule has 0 saturated heterocycles. The molecule has 25 heavy (non-hydrogen) atoms. The highest BCUT2D eigenvalue weighted by Crippen LogP contribution is 2.15. The van der Waals surface area contributed by atoms with Crippen LogP contribution < -0.4 is 5.32 Å². The molecule has 0 aromatic heterocycles. The van der Waals surface area contributed by atoms with E-state index in [-0.39, 0.29) is 31.0 Å². The van der Waals surface area contributed by atoms with Crippen molar-refractivity contribution in [2.45, 2.75) is 33.1 Å². The molecule has 2 N–H and O–H groups in total. The molecule has 0 bridgehead atoms. The number of amides is 1. The summed E-state index contributed by atoms with van der Waals surface area (Å²) in [6.07, 6.45) is 0.189. The molecule has 2 aromatic rings. The first kappa shape index (κ1) is 18.4. The van der Waals surface area contributed by atoms with E-state index in [0.717, 1.165) is 11.1 Å². The summed E-state index contributed by atoms with van der Waals surface area (Å²) in [4.78, 5) is 34.9. The zero-order valence-corrected chi connectivity index (χ0v) is 14.3. The van der Waals surface area contributed by atoms with Crippen LogP contribution >= 0.6 is 0 Å². The third kappa shape index (κ3) is 5.57. The minimum atomic E-state index is -0.901. The van der Waals surface area contributed by atoms with Gasteiger partial charge in [0.05, 0.1) is 6.42 Å². The van der Waals surface area contributed by atoms with Crippen molar-refractivity contribution in [1.29, 1.82) is 0 Å². The summed E-state index contributed by atoms with van der Waals surface area (Å²) in [6.45, 7) is 3.81. The Morgan fingerprint density at radius 2 is 1.64 bits per heavy atom. The van der Waals surface area contributed by atoms with E-state index in [4.69, 9.17) is 5.11 Å². The lowest BCUT2D eigenvalue weighted by molar-refractivity contribution is -0.136. The van der Waals surface area contributed by atoms with Gasteiger partial charge in [0.1, 0.15) is 0 Å². The standard InChI is InChI=1S/C20H21NO4/c1-13-3-4-14(2)17(11-13)18(22)9-10-19(23)21-16-7-5-15(6-8-16)12-20(24)25/h3-8,11H,9-10,12H2,1-2H3,(H,21,23)(H,24,25). The molecule has 0 aliphatic rings. The van der Waals surface area contributed by atoms with Crippen LogP contribution in [0.3, 0.4) is 0 Å². The number of Topliss-reactive ketones (excluding diaryl/α,β-unsaturated/α-hetero) is 1. The molecule has 5 nitrogen and oxygen atoms in total. The number of hydrogen-bond donors (Lipinski definition) is 2. The zero-order valence-electron chi connectivity index (χ0n) is 14.3. The monoisotopic (exact) mass is 339 g/mol. The Balaban J connectivity index is 1.89. The summed E-state index contributed by atoms with van der Waals surface area (Å²) in [5, 5.41) is 11.4. The molecule has 0 unspecified atom stereocenters. The summed E-state index contributed by atoms with van der Waals surface area (Å²) in [7, 11) is 0. The van der Waals surface area contributed by atoms with E-state index in [1.54, 1.807) is 24.3 Å². The normalized spacial score (nSPS) is 10.3. The van der Waals surface area contributed by atoms with Crippen molar-refractivity contribution in [2.24, 2.45) is 0 Å². The van der Waals surface area contributed by atoms with Gasteiger partial charge in [-0.2, -0.15) is 0 Å². The zero-order chi connectivity index (χ0) is 18.4. The third-order valence-corrected chi connectivity index (χ3v) is 3.87. The number of carbonyl (C=O) groups is 3. The summed E-state index contributed by atoms with van der Waals surface area (Å²) in [6, 6.07) is 12.3. The highest BCUT2D eigenvalue weighted by molar-refractivity contribution is 6.01. The second-order valence-electron chi connectivity index (χ2n) is 6.06. The van der Waals surface area contributed by atoms with E-state index in [2.05, 4.69) is 5.32 Å². The van der Waals surface area contributed by atoms with E-state index < -0.39 is 5.97 Å². The Hall–Kier alpha value is -2.95. The first-order chi connectivity index (χ1) is 11.8. The van der Waals surface area contributed by atoms with Gasteiger partial charge >= 0.3 is 5.97 Å². The number of aliphatic carboxylic acids is 1. The SMILES string of the molecule is Cc1ccc(C)c(C(=O)CCC(=O)Nc2ccc(CC(=O)O)cc2)c1. The Morgan fingerprint density at radius 3 is 2.28 bits per heavy atom. The molecule has 0 heterocycles. The molecule has 0 spiro atoms. The fraction of sp³-hybridized carbons (Fsp3) is 0.250. The first-order valence-corrected chi connectivity index (χ1v) is 8.06. The molecule has 0 saturated carbocycles. The van der Waals surface area contributed by atoms with E-state index in [1.807, 2.05) is 32.0 Å². The smallest absolute Gasteiger partial charge is 0.307 e. The second-order valence-corrected chi connectivity index (χ2v) is 6.06. The van der Waals surface area contributed by atoms with Gasteiger partial charge in [0.15, 0.2) is 5.78 Å². The van der Waals surface area contributed by atoms with Crippen molar-refractivity contribution < 1.29 is 19.5 Å². The van der Waals surface area contributed by atoms with Crippen molar-refractivity contribution in [3.8, 4) is 0 Å². The fourth-order valence-corrected chi connectivity index (χ4v) is 2.50. The number of ketones is 1. The Bertz CT molecular complexity index is 794. The number of anilines is 1. The Morgan fingerprint density at radius 1 is 0.960 bits per heavy atom. The van der Waals surface area contributed by atoms with Crippen LogP contribution in [0.5, 0.6) is 0 Å². The van der Waals surface area contributed by atoms with Gasteiger partial charge in [-0.05, 0) is 43.2 Å². The average Bonchev–Trinajstić information content (AvgIpc) is 2.56. The summed E-state index contributed by atoms with van der Waals surface area (Å²) >= 11 is 0. The predicted octanol–water partition coefficient (Wildman–Crippen LogP) is 3.53. The minimum absolute atomic E-state index is 0.0480. The quantitative estimate of drug-likeness (QED) is 0.756. The van der Waals surface area contributed by atoms with Crippen LogP contribution in [-0.2, 0) is 16.0 Å². The number of rotatable bonds is 7. The maximum Gasteiger partial charge on any atom is 0.307 e. The molecule has 0 atom stereocenters. The van der Waals surface area contributed by atoms with Gasteiger partial charge in [-0.1, -0.05) is 29.8 Å². The summed E-state index contributed by atoms with van der Waals surface area (Å²) < 4.78 is 0. The lowest BCUT2D eigenvalue weighted by Gasteiger charge is -2.08. The van der Waals surface area contributed by atoms with Crippen LogP contribution in [0.2, 0.25) is 0 Å². The van der Waals surface area contributed by atoms with Gasteiger partial charge in [0.25, 0.3) is 0 Å². The molecule has 0 aliphatic heterocycles. The number of carbonyl (C=O) groups excluding carboxylic acids is 2. The average molecular weight is 339 g/mol. The number of aryl methyl sites for hydroxylation is 2. The van der Waals surface area contributed by atoms with E-state index in [1.165, 1.54) is 0 Å². The van der Waals surface area contributed by atoms with Crippen molar-refractivity contribution in [3.05, 3.63) is 64.7 Å². The third-order valence-electron chi connectivity index (χ3n) is 3.87. The van der Waals surface area contributed by atoms with Gasteiger partial charge in [-0.25, -0.2) is 0 Å². The van der Waals surface area contributed by atoms with Gasteiger partial charge in [-0.3, -0.25) is 14.4 Å². The largest absolute Gasteiger partial charge is 0.481 e. The van der Waals surface area contributed by atoms with E-state index in [0.29, 0.717) is 16.8 Å². The van der Waals surface area contributed by atoms with E-state index >= 15 is 0 Å². The molecular formula is C20H21NO4. The van der Waals surface area contributed by atoms with Crippen molar-refractivity contribution in [2.75, 3.05) is 5.32 Å². The highest BCUT2D eigenvalue weighted by atomic mass is 16.4. The van der Waals surface area contributed by atoms with Gasteiger partial charge < -0.3 is 10.4 Å². The molecule has 0 radical (unpaired) electrons. The first-order valence-electron chi connectivity index (χ1n) is 8.06. The fourth-order valence-electron chi connectivity index (χ4n) is 2.50. The van der Waals surface area contributed by atoms with Gasteiger partial charge in [0.2, 0.25) is 5.91 Å². The van der Waals surface area contributed by atoms with Crippen molar-refractivity contribution in [3.63, 3.8) is 0 Å². The van der Waals surface area contributed by atoms with Crippen molar-refractivity contribution in [1.82, 2.24) is 0 Å². The molecule has 0 aliphatic carbocycles. The number of carboxylic acid groups (broad SMARTS) is 1. The number of benzene rings is 2. The molecule has 130 valence electrons. The van der Waals surface area contributed by atoms with Crippen LogP contribution in [0.4, 0.5) is 5.69 Å². The van der Waals surface area contributed by atoms with Crippen LogP contribution in [0.1, 0.15) is 39.9 Å². The molecule has 0 fully saturated rings. The maximum absolute atomic E-state index is 12.3. The molecule has 2 rings (SSSR count). The molecule has 2 aromatic carbocycles.